The van der Waals surface area contributed by atoms with Crippen molar-refractivity contribution in [3.8, 4) is 28.7 Å². The van der Waals surface area contributed by atoms with Gasteiger partial charge >= 0.3 is 0 Å². The number of hydrogen-bond donors (Lipinski definition) is 1. The van der Waals surface area contributed by atoms with E-state index in [2.05, 4.69) is 12.6 Å². The van der Waals surface area contributed by atoms with Gasteiger partial charge in [0.05, 0.1) is 19.6 Å². The van der Waals surface area contributed by atoms with Gasteiger partial charge in [0.15, 0.2) is 11.5 Å². The molecule has 1 N–H and O–H groups in total. The van der Waals surface area contributed by atoms with E-state index in [4.69, 9.17) is 18.9 Å². The Hall–Kier alpha value is -2.82. The zero-order valence-corrected chi connectivity index (χ0v) is 14.7. The summed E-state index contributed by atoms with van der Waals surface area (Å²) in [5, 5.41) is 10.4. The molecule has 134 valence electrons. The predicted octanol–water partition coefficient (Wildman–Crippen LogP) is 3.89. The van der Waals surface area contributed by atoms with Gasteiger partial charge in [-0.3, -0.25) is 0 Å². The van der Waals surface area contributed by atoms with Gasteiger partial charge in [0.1, 0.15) is 23.7 Å². The van der Waals surface area contributed by atoms with Crippen molar-refractivity contribution in [3.63, 3.8) is 0 Å². The molecular weight excluding hydrogens is 332 g/mol. The smallest absolute Gasteiger partial charge is 0.201 e. The molecule has 0 saturated carbocycles. The van der Waals surface area contributed by atoms with Crippen LogP contribution in [0.1, 0.15) is 35.6 Å². The van der Waals surface area contributed by atoms with Crippen molar-refractivity contribution in [2.24, 2.45) is 0 Å². The number of methoxy groups -OCH3 is 1. The summed E-state index contributed by atoms with van der Waals surface area (Å²) in [5.74, 6) is 2.64. The second-order valence-electron chi connectivity index (χ2n) is 7.15. The van der Waals surface area contributed by atoms with Crippen LogP contribution in [0.25, 0.3) is 0 Å². The van der Waals surface area contributed by atoms with Crippen LogP contribution in [0.4, 0.5) is 0 Å². The average Bonchev–Trinajstić information content (AvgIpc) is 3.21. The largest absolute Gasteiger partial charge is 0.502 e. The Morgan fingerprint density at radius 3 is 2.81 bits per heavy atom. The van der Waals surface area contributed by atoms with Crippen molar-refractivity contribution in [3.05, 3.63) is 53.1 Å². The van der Waals surface area contributed by atoms with E-state index in [0.29, 0.717) is 18.1 Å². The molecule has 5 heteroatoms. The van der Waals surface area contributed by atoms with Crippen LogP contribution in [0.3, 0.4) is 0 Å². The molecule has 3 heterocycles. The zero-order valence-electron chi connectivity index (χ0n) is 14.7. The Morgan fingerprint density at radius 1 is 1.19 bits per heavy atom. The van der Waals surface area contributed by atoms with Crippen LogP contribution in [0.2, 0.25) is 0 Å². The second-order valence-corrected chi connectivity index (χ2v) is 7.15. The molecule has 5 rings (SSSR count). The van der Waals surface area contributed by atoms with Crippen LogP contribution in [0.15, 0.2) is 36.4 Å². The maximum absolute atomic E-state index is 10.4. The molecular formula is C21H20O5. The van der Waals surface area contributed by atoms with E-state index in [9.17, 15) is 5.11 Å². The van der Waals surface area contributed by atoms with Crippen LogP contribution in [0.5, 0.6) is 28.7 Å². The summed E-state index contributed by atoms with van der Waals surface area (Å²) in [5.41, 5.74) is 4.11. The molecule has 0 bridgehead atoms. The molecule has 0 spiro atoms. The molecule has 3 aliphatic heterocycles. The highest BCUT2D eigenvalue weighted by Gasteiger charge is 2.43. The van der Waals surface area contributed by atoms with Gasteiger partial charge in [-0.25, -0.2) is 0 Å². The maximum atomic E-state index is 10.4. The van der Waals surface area contributed by atoms with Gasteiger partial charge in [-0.2, -0.15) is 0 Å². The lowest BCUT2D eigenvalue weighted by atomic mass is 9.88. The zero-order chi connectivity index (χ0) is 18.0. The van der Waals surface area contributed by atoms with E-state index in [1.807, 2.05) is 19.1 Å². The van der Waals surface area contributed by atoms with Gasteiger partial charge in [-0.1, -0.05) is 12.6 Å². The van der Waals surface area contributed by atoms with Gasteiger partial charge in [0, 0.05) is 23.6 Å². The molecule has 0 aliphatic carbocycles. The Morgan fingerprint density at radius 2 is 2.04 bits per heavy atom. The van der Waals surface area contributed by atoms with Gasteiger partial charge in [-0.05, 0) is 30.2 Å². The van der Waals surface area contributed by atoms with Crippen molar-refractivity contribution >= 4 is 0 Å². The third-order valence-corrected chi connectivity index (χ3v) is 5.50. The van der Waals surface area contributed by atoms with Crippen molar-refractivity contribution < 1.29 is 24.1 Å². The fourth-order valence-corrected chi connectivity index (χ4v) is 4.07. The van der Waals surface area contributed by atoms with Crippen molar-refractivity contribution in [1.29, 1.82) is 0 Å². The Bertz CT molecular complexity index is 932. The number of fused-ring (bicyclic) bond motifs is 6. The van der Waals surface area contributed by atoms with E-state index in [1.165, 1.54) is 7.11 Å². The standard InChI is InChI=1S/C21H20O5/c1-10(2)16-7-11-6-13-18(8-17(11)25-16)24-9-14-12-4-5-15(23-3)19(22)21(12)26-20(13)14/h4-6,8,14,16,20,22H,1,7,9H2,2-3H3/t14-,16-,20-/m0/s1. The third-order valence-electron chi connectivity index (χ3n) is 5.50. The lowest BCUT2D eigenvalue weighted by Gasteiger charge is -2.28. The van der Waals surface area contributed by atoms with E-state index in [1.54, 1.807) is 6.07 Å². The van der Waals surface area contributed by atoms with Gasteiger partial charge < -0.3 is 24.1 Å². The Kier molecular flexibility index (Phi) is 3.17. The lowest BCUT2D eigenvalue weighted by Crippen LogP contribution is -2.23. The first-order valence-electron chi connectivity index (χ1n) is 8.75. The van der Waals surface area contributed by atoms with Crippen LogP contribution < -0.4 is 18.9 Å². The maximum Gasteiger partial charge on any atom is 0.201 e. The number of phenolic OH excluding ortho intramolecular Hbond substituents is 1. The second kappa shape index (κ2) is 5.34. The van der Waals surface area contributed by atoms with Crippen LogP contribution in [-0.2, 0) is 6.42 Å². The lowest BCUT2D eigenvalue weighted by molar-refractivity contribution is 0.136. The minimum absolute atomic E-state index is 0.0136. The molecule has 0 fully saturated rings. The molecule has 2 aromatic rings. The van der Waals surface area contributed by atoms with Crippen molar-refractivity contribution in [2.45, 2.75) is 31.5 Å². The summed E-state index contributed by atoms with van der Waals surface area (Å²) in [4.78, 5) is 0. The summed E-state index contributed by atoms with van der Waals surface area (Å²) in [6, 6.07) is 7.78. The first-order chi connectivity index (χ1) is 12.6. The fraction of sp³-hybridized carbons (Fsp3) is 0.333. The Labute approximate surface area is 151 Å². The van der Waals surface area contributed by atoms with Gasteiger partial charge in [0.25, 0.3) is 0 Å². The monoisotopic (exact) mass is 352 g/mol. The molecule has 26 heavy (non-hydrogen) atoms. The number of ether oxygens (including phenoxy) is 4. The predicted molar refractivity (Wildman–Crippen MR) is 95.6 cm³/mol. The number of rotatable bonds is 2. The topological polar surface area (TPSA) is 57.2 Å². The summed E-state index contributed by atoms with van der Waals surface area (Å²) >= 11 is 0. The molecule has 2 aromatic carbocycles. The summed E-state index contributed by atoms with van der Waals surface area (Å²) in [7, 11) is 1.53. The minimum Gasteiger partial charge on any atom is -0.502 e. The van der Waals surface area contributed by atoms with E-state index in [0.717, 1.165) is 40.2 Å². The third kappa shape index (κ3) is 2.03. The van der Waals surface area contributed by atoms with E-state index in [-0.39, 0.29) is 23.9 Å². The molecule has 0 radical (unpaired) electrons. The van der Waals surface area contributed by atoms with E-state index >= 15 is 0 Å². The van der Waals surface area contributed by atoms with Crippen LogP contribution in [0, 0.1) is 0 Å². The highest BCUT2D eigenvalue weighted by Crippen LogP contribution is 2.56. The van der Waals surface area contributed by atoms with Gasteiger partial charge in [0.2, 0.25) is 5.75 Å². The summed E-state index contributed by atoms with van der Waals surface area (Å²) in [6.07, 6.45) is 0.641. The quantitative estimate of drug-likeness (QED) is 0.831. The first-order valence-corrected chi connectivity index (χ1v) is 8.75. The van der Waals surface area contributed by atoms with E-state index < -0.39 is 0 Å². The van der Waals surface area contributed by atoms with Crippen molar-refractivity contribution in [1.82, 2.24) is 0 Å². The number of benzene rings is 2. The Balaban J connectivity index is 1.55. The van der Waals surface area contributed by atoms with Gasteiger partial charge in [-0.15, -0.1) is 0 Å². The molecule has 3 atom stereocenters. The molecule has 0 amide bonds. The fourth-order valence-electron chi connectivity index (χ4n) is 4.07. The highest BCUT2D eigenvalue weighted by atomic mass is 16.5. The molecule has 5 nitrogen and oxygen atoms in total. The van der Waals surface area contributed by atoms with Crippen LogP contribution >= 0.6 is 0 Å². The molecule has 0 aromatic heterocycles. The van der Waals surface area contributed by atoms with Crippen molar-refractivity contribution in [2.75, 3.05) is 13.7 Å². The SMILES string of the molecule is C=C(C)[C@@H]1Cc2cc3c(cc2O1)OC[C@H]1c2ccc(OC)c(O)c2O[C@@H]31. The average molecular weight is 352 g/mol. The molecule has 0 saturated heterocycles. The minimum atomic E-state index is -0.180. The molecule has 3 aliphatic rings. The normalized spacial score (nSPS) is 24.3. The summed E-state index contributed by atoms with van der Waals surface area (Å²) in [6.45, 7) is 6.48. The highest BCUT2D eigenvalue weighted by molar-refractivity contribution is 5.61. The number of aromatic hydroxyl groups is 1. The number of hydrogen-bond acceptors (Lipinski definition) is 5. The van der Waals surface area contributed by atoms with Crippen LogP contribution in [-0.4, -0.2) is 24.9 Å². The summed E-state index contributed by atoms with van der Waals surface area (Å²) < 4.78 is 23.4. The number of phenols is 1. The molecule has 0 unspecified atom stereocenters. The first kappa shape index (κ1) is 15.4.